The summed E-state index contributed by atoms with van der Waals surface area (Å²) < 4.78 is 43.6. The van der Waals surface area contributed by atoms with Crippen molar-refractivity contribution in [2.75, 3.05) is 5.75 Å². The van der Waals surface area contributed by atoms with Crippen molar-refractivity contribution in [3.05, 3.63) is 36.0 Å². The number of halogens is 3. The van der Waals surface area contributed by atoms with Crippen LogP contribution in [0, 0.1) is 11.3 Å². The molecule has 4 nitrogen and oxygen atoms in total. The molecule has 1 aliphatic carbocycles. The van der Waals surface area contributed by atoms with E-state index in [2.05, 4.69) is 16.0 Å². The first-order chi connectivity index (χ1) is 13.3. The van der Waals surface area contributed by atoms with Gasteiger partial charge in [-0.25, -0.2) is 9.97 Å². The van der Waals surface area contributed by atoms with Crippen LogP contribution in [0.15, 0.2) is 44.7 Å². The smallest absolute Gasteiger partial charge is 0.435 e. The second-order valence-electron chi connectivity index (χ2n) is 6.39. The van der Waals surface area contributed by atoms with E-state index in [-0.39, 0.29) is 22.5 Å². The van der Waals surface area contributed by atoms with Gasteiger partial charge in [-0.3, -0.25) is 0 Å². The highest BCUT2D eigenvalue weighted by molar-refractivity contribution is 8.00. The molecule has 0 saturated heterocycles. The zero-order valence-corrected chi connectivity index (χ0v) is 16.3. The molecule has 1 saturated carbocycles. The number of fused-ring (bicyclic) bond motifs is 1. The van der Waals surface area contributed by atoms with E-state index in [9.17, 15) is 18.4 Å². The minimum absolute atomic E-state index is 0.0519. The maximum atomic E-state index is 12.6. The van der Waals surface area contributed by atoms with Gasteiger partial charge in [0.05, 0.1) is 11.5 Å². The molecule has 4 rings (SSSR count). The van der Waals surface area contributed by atoms with Crippen LogP contribution in [-0.4, -0.2) is 21.2 Å². The lowest BCUT2D eigenvalue weighted by Crippen LogP contribution is -2.04. The van der Waals surface area contributed by atoms with E-state index >= 15 is 0 Å². The van der Waals surface area contributed by atoms with Crippen LogP contribution in [0.4, 0.5) is 13.2 Å². The molecule has 3 aromatic rings. The van der Waals surface area contributed by atoms with Crippen molar-refractivity contribution >= 4 is 34.6 Å². The first-order valence-corrected chi connectivity index (χ1v) is 10.3. The van der Waals surface area contributed by atoms with Gasteiger partial charge in [-0.15, -0.1) is 11.8 Å². The number of aromatic nitrogens is 2. The first-order valence-electron chi connectivity index (χ1n) is 8.55. The summed E-state index contributed by atoms with van der Waals surface area (Å²) in [5, 5.41) is 9.42. The van der Waals surface area contributed by atoms with Crippen molar-refractivity contribution in [3.63, 3.8) is 0 Å². The van der Waals surface area contributed by atoms with E-state index in [1.807, 2.05) is 13.0 Å². The normalized spacial score (nSPS) is 15.5. The van der Waals surface area contributed by atoms with E-state index in [0.29, 0.717) is 16.8 Å². The van der Waals surface area contributed by atoms with Crippen molar-refractivity contribution in [2.24, 2.45) is 0 Å². The molecule has 2 aromatic heterocycles. The maximum Gasteiger partial charge on any atom is 0.446 e. The van der Waals surface area contributed by atoms with Crippen LogP contribution < -0.4 is 0 Å². The molecule has 1 aliphatic rings. The van der Waals surface area contributed by atoms with Crippen LogP contribution in [0.25, 0.3) is 22.7 Å². The van der Waals surface area contributed by atoms with Gasteiger partial charge < -0.3 is 4.42 Å². The van der Waals surface area contributed by atoms with E-state index in [1.165, 1.54) is 18.2 Å². The average molecular weight is 421 g/mol. The predicted octanol–water partition coefficient (Wildman–Crippen LogP) is 6.17. The molecule has 2 heterocycles. The molecular formula is C19H14F3N3OS2. The van der Waals surface area contributed by atoms with Crippen LogP contribution in [-0.2, 0) is 5.41 Å². The second kappa shape index (κ2) is 7.01. The van der Waals surface area contributed by atoms with E-state index in [4.69, 9.17) is 4.42 Å². The Kier molecular flexibility index (Phi) is 4.79. The molecule has 0 amide bonds. The maximum absolute atomic E-state index is 12.6. The summed E-state index contributed by atoms with van der Waals surface area (Å²) in [6.45, 7) is 2.00. The van der Waals surface area contributed by atoms with Crippen molar-refractivity contribution in [1.29, 1.82) is 5.26 Å². The Morgan fingerprint density at radius 1 is 1.29 bits per heavy atom. The fraction of sp³-hybridized carbons (Fsp3) is 0.316. The fourth-order valence-corrected chi connectivity index (χ4v) is 4.30. The molecule has 0 bridgehead atoms. The van der Waals surface area contributed by atoms with Crippen LogP contribution in [0.1, 0.15) is 25.3 Å². The number of benzene rings is 1. The van der Waals surface area contributed by atoms with E-state index < -0.39 is 10.9 Å². The summed E-state index contributed by atoms with van der Waals surface area (Å²) >= 11 is 1.38. The number of nitriles is 1. The number of thioether (sulfide) groups is 2. The SMILES string of the molecule is CCSc1cc(C2(C#N)CC2)cnc1-c1nc2cc(SC(F)(F)F)ccc2o1. The third-order valence-corrected chi connectivity index (χ3v) is 6.10. The van der Waals surface area contributed by atoms with Crippen LogP contribution >= 0.6 is 23.5 Å². The summed E-state index contributed by atoms with van der Waals surface area (Å²) in [6.07, 6.45) is 3.32. The quantitative estimate of drug-likeness (QED) is 0.459. The molecule has 0 aliphatic heterocycles. The highest BCUT2D eigenvalue weighted by Crippen LogP contribution is 2.48. The molecular weight excluding hydrogens is 407 g/mol. The fourth-order valence-electron chi connectivity index (χ4n) is 2.93. The average Bonchev–Trinajstić information content (AvgIpc) is 3.33. The number of hydrogen-bond acceptors (Lipinski definition) is 6. The van der Waals surface area contributed by atoms with Gasteiger partial charge in [0.15, 0.2) is 5.58 Å². The molecule has 1 fully saturated rings. The summed E-state index contributed by atoms with van der Waals surface area (Å²) in [7, 11) is 0. The number of alkyl halides is 3. The third kappa shape index (κ3) is 3.71. The monoisotopic (exact) mass is 421 g/mol. The van der Waals surface area contributed by atoms with Gasteiger partial charge in [0.2, 0.25) is 5.89 Å². The number of pyridine rings is 1. The Bertz CT molecular complexity index is 1080. The molecule has 144 valence electrons. The lowest BCUT2D eigenvalue weighted by Gasteiger charge is -2.10. The highest BCUT2D eigenvalue weighted by atomic mass is 32.2. The molecule has 1 aromatic carbocycles. The van der Waals surface area contributed by atoms with Gasteiger partial charge >= 0.3 is 5.51 Å². The molecule has 0 spiro atoms. The molecule has 0 N–H and O–H groups in total. The van der Waals surface area contributed by atoms with Crippen LogP contribution in [0.5, 0.6) is 0 Å². The Morgan fingerprint density at radius 2 is 2.07 bits per heavy atom. The van der Waals surface area contributed by atoms with E-state index in [0.717, 1.165) is 29.1 Å². The molecule has 0 radical (unpaired) electrons. The Morgan fingerprint density at radius 3 is 2.71 bits per heavy atom. The van der Waals surface area contributed by atoms with Gasteiger partial charge in [-0.05, 0) is 60.2 Å². The van der Waals surface area contributed by atoms with Gasteiger partial charge in [-0.1, -0.05) is 6.92 Å². The largest absolute Gasteiger partial charge is 0.446 e. The summed E-state index contributed by atoms with van der Waals surface area (Å²) in [5.74, 6) is 1.05. The number of oxazole rings is 1. The van der Waals surface area contributed by atoms with E-state index in [1.54, 1.807) is 18.0 Å². The van der Waals surface area contributed by atoms with Crippen LogP contribution in [0.3, 0.4) is 0 Å². The summed E-state index contributed by atoms with van der Waals surface area (Å²) in [6, 6.07) is 8.51. The van der Waals surface area contributed by atoms with Gasteiger partial charge in [0, 0.05) is 16.0 Å². The standard InChI is InChI=1S/C19H14F3N3OS2/c1-2-27-15-7-11(18(10-23)5-6-18)9-24-16(15)17-25-13-8-12(28-19(20,21)22)3-4-14(13)26-17/h3-4,7-9H,2,5-6H2,1H3. The van der Waals surface area contributed by atoms with Gasteiger partial charge in [0.25, 0.3) is 0 Å². The van der Waals surface area contributed by atoms with Gasteiger partial charge in [0.1, 0.15) is 11.2 Å². The second-order valence-corrected chi connectivity index (χ2v) is 8.84. The van der Waals surface area contributed by atoms with Gasteiger partial charge in [-0.2, -0.15) is 18.4 Å². The molecule has 28 heavy (non-hydrogen) atoms. The number of hydrogen-bond donors (Lipinski definition) is 0. The molecule has 0 atom stereocenters. The zero-order valence-electron chi connectivity index (χ0n) is 14.7. The minimum atomic E-state index is -4.36. The Labute approximate surface area is 167 Å². The van der Waals surface area contributed by atoms with Crippen LogP contribution in [0.2, 0.25) is 0 Å². The van der Waals surface area contributed by atoms with Crippen molar-refractivity contribution < 1.29 is 17.6 Å². The van der Waals surface area contributed by atoms with Crippen molar-refractivity contribution in [1.82, 2.24) is 9.97 Å². The Hall–Kier alpha value is -2.18. The Balaban J connectivity index is 1.73. The first kappa shape index (κ1) is 19.2. The number of rotatable bonds is 5. The predicted molar refractivity (Wildman–Crippen MR) is 102 cm³/mol. The minimum Gasteiger partial charge on any atom is -0.435 e. The lowest BCUT2D eigenvalue weighted by molar-refractivity contribution is -0.0328. The lowest BCUT2D eigenvalue weighted by atomic mass is 9.99. The summed E-state index contributed by atoms with van der Waals surface area (Å²) in [5.41, 5.74) is -2.64. The zero-order chi connectivity index (χ0) is 19.9. The summed E-state index contributed by atoms with van der Waals surface area (Å²) in [4.78, 5) is 9.74. The third-order valence-electron chi connectivity index (χ3n) is 4.46. The molecule has 9 heteroatoms. The highest BCUT2D eigenvalue weighted by Gasteiger charge is 2.45. The van der Waals surface area contributed by atoms with Crippen molar-refractivity contribution in [3.8, 4) is 17.7 Å². The molecule has 0 unspecified atom stereocenters. The van der Waals surface area contributed by atoms with Crippen molar-refractivity contribution in [2.45, 2.75) is 40.5 Å². The topological polar surface area (TPSA) is 62.7 Å². The number of nitrogens with zero attached hydrogens (tertiary/aromatic N) is 3.